The molecule has 414 valence electrons. The van der Waals surface area contributed by atoms with Gasteiger partial charge in [0.2, 0.25) is 35.4 Å². The Labute approximate surface area is 440 Å². The Morgan fingerprint density at radius 2 is 1.57 bits per heavy atom. The molecule has 0 radical (unpaired) electrons. The molecule has 22 nitrogen and oxygen atoms in total. The van der Waals surface area contributed by atoms with Gasteiger partial charge in [0.05, 0.1) is 55.8 Å². The molecular formula is C51H83N11O11S. The maximum atomic E-state index is 14.2. The van der Waals surface area contributed by atoms with Crippen molar-refractivity contribution >= 4 is 64.6 Å². The third-order valence-corrected chi connectivity index (χ3v) is 14.4. The number of rotatable bonds is 30. The van der Waals surface area contributed by atoms with E-state index in [1.54, 1.807) is 77.3 Å². The van der Waals surface area contributed by atoms with Gasteiger partial charge >= 0.3 is 12.1 Å². The number of nitrogens with one attached hydrogen (secondary N) is 6. The van der Waals surface area contributed by atoms with E-state index in [1.165, 1.54) is 35.3 Å². The minimum Gasteiger partial charge on any atom is -0.445 e. The lowest BCUT2D eigenvalue weighted by molar-refractivity contribution is -0.146. The Bertz CT molecular complexity index is 2130. The number of amides is 9. The standard InChI is InChI=1S/C51H83N11O11S/c1-13-32(6)44(38(71-11)26-40(63)62-24-15-17-37(62)45(72-12)33(7)46(65)56-27-39-54-23-25-74-39)60(9)41(64)28-57-49(68)43(31(4)5)61(10)51(70)73-29-34-18-20-35(21-19-34)58-47(66)36(16-14-22-55-50(52)69)59-48(67)42(53-8)30(2)3/h18-21,23,25,30-33,36-38,42-45,53H,13-17,22,24,26-29H2,1-12H3,(H,56,65)(H,57,68)(H,58,66)(H,59,67)(H3,52,55,69)/t32-,33+,36-,37-,38+,42-,43-,44?,45+/m0/s1. The SMILES string of the molecule is CC[C@H](C)C([C@@H](CC(=O)N1CCC[C@H]1[C@H](OC)[C@@H](C)C(=O)NCc1nccs1)OC)N(C)C(=O)CNC(=O)[C@H](C(C)C)N(C)C(=O)OCc1ccc(NC(=O)[C@H](CCCNC(N)=O)NC(=O)[C@@H](NC)C(C)C)cc1. The van der Waals surface area contributed by atoms with Crippen LogP contribution >= 0.6 is 11.3 Å². The van der Waals surface area contributed by atoms with E-state index < -0.39 is 72.1 Å². The number of ether oxygens (including phenoxy) is 3. The molecule has 1 unspecified atom stereocenters. The zero-order valence-electron chi connectivity index (χ0n) is 45.4. The van der Waals surface area contributed by atoms with Crippen molar-refractivity contribution in [3.8, 4) is 0 Å². The first-order valence-corrected chi connectivity index (χ1v) is 26.3. The molecule has 9 amide bonds. The predicted molar refractivity (Wildman–Crippen MR) is 281 cm³/mol. The number of methoxy groups -OCH3 is 2. The highest BCUT2D eigenvalue weighted by Crippen LogP contribution is 2.29. The number of nitrogens with two attached hydrogens (primary N) is 1. The zero-order valence-corrected chi connectivity index (χ0v) is 46.2. The molecule has 1 saturated heterocycles. The monoisotopic (exact) mass is 1060 g/mol. The summed E-state index contributed by atoms with van der Waals surface area (Å²) in [5, 5.41) is 19.3. The lowest BCUT2D eigenvalue weighted by atomic mass is 9.90. The van der Waals surface area contributed by atoms with Crippen LogP contribution in [0.3, 0.4) is 0 Å². The predicted octanol–water partition coefficient (Wildman–Crippen LogP) is 3.20. The van der Waals surface area contributed by atoms with Crippen molar-refractivity contribution in [3.63, 3.8) is 0 Å². The smallest absolute Gasteiger partial charge is 0.410 e. The average Bonchev–Trinajstić information content (AvgIpc) is 4.08. The maximum absolute atomic E-state index is 14.2. The molecule has 1 aromatic carbocycles. The van der Waals surface area contributed by atoms with Crippen molar-refractivity contribution in [2.75, 3.05) is 60.3 Å². The first-order valence-electron chi connectivity index (χ1n) is 25.4. The number of carbonyl (C=O) groups is 8. The van der Waals surface area contributed by atoms with Gasteiger partial charge in [0.25, 0.3) is 0 Å². The quantitative estimate of drug-likeness (QED) is 0.0555. The second-order valence-electron chi connectivity index (χ2n) is 19.6. The van der Waals surface area contributed by atoms with Gasteiger partial charge in [0, 0.05) is 58.7 Å². The molecule has 8 N–H and O–H groups in total. The van der Waals surface area contributed by atoms with Gasteiger partial charge in [-0.1, -0.05) is 67.0 Å². The molecule has 1 aromatic heterocycles. The maximum Gasteiger partial charge on any atom is 0.410 e. The van der Waals surface area contributed by atoms with E-state index in [9.17, 15) is 38.4 Å². The van der Waals surface area contributed by atoms with Gasteiger partial charge in [-0.05, 0) is 68.2 Å². The van der Waals surface area contributed by atoms with Crippen molar-refractivity contribution in [3.05, 3.63) is 46.4 Å². The number of thiazole rings is 1. The summed E-state index contributed by atoms with van der Waals surface area (Å²) in [5.74, 6) is -3.27. The van der Waals surface area contributed by atoms with Gasteiger partial charge in [-0.3, -0.25) is 33.7 Å². The number of hydrogen-bond donors (Lipinski definition) is 7. The number of nitrogens with zero attached hydrogens (tertiary/aromatic N) is 4. The third kappa shape index (κ3) is 18.5. The number of aromatic nitrogens is 1. The molecule has 9 atom stereocenters. The minimum atomic E-state index is -1.01. The first-order chi connectivity index (χ1) is 35.1. The van der Waals surface area contributed by atoms with Gasteiger partial charge < -0.3 is 61.6 Å². The molecule has 3 rings (SSSR count). The molecular weight excluding hydrogens is 975 g/mol. The second-order valence-corrected chi connectivity index (χ2v) is 20.5. The average molecular weight is 1060 g/mol. The molecule has 74 heavy (non-hydrogen) atoms. The van der Waals surface area contributed by atoms with Crippen LogP contribution in [0.2, 0.25) is 0 Å². The van der Waals surface area contributed by atoms with Crippen LogP contribution in [0.5, 0.6) is 0 Å². The van der Waals surface area contributed by atoms with Crippen LogP contribution in [0.15, 0.2) is 35.8 Å². The summed E-state index contributed by atoms with van der Waals surface area (Å²) in [5.41, 5.74) is 6.18. The van der Waals surface area contributed by atoms with E-state index >= 15 is 0 Å². The number of benzene rings is 1. The Morgan fingerprint density at radius 1 is 0.878 bits per heavy atom. The summed E-state index contributed by atoms with van der Waals surface area (Å²) in [6, 6.07) is 2.52. The van der Waals surface area contributed by atoms with Crippen molar-refractivity contribution in [2.24, 2.45) is 29.4 Å². The number of primary amides is 1. The summed E-state index contributed by atoms with van der Waals surface area (Å²) in [6.45, 7) is 13.5. The summed E-state index contributed by atoms with van der Waals surface area (Å²) >= 11 is 1.45. The van der Waals surface area contributed by atoms with Gasteiger partial charge in [-0.15, -0.1) is 11.3 Å². The molecule has 0 saturated carbocycles. The lowest BCUT2D eigenvalue weighted by Gasteiger charge is -2.39. The lowest BCUT2D eigenvalue weighted by Crippen LogP contribution is -2.55. The van der Waals surface area contributed by atoms with Crippen LogP contribution in [-0.2, 0) is 56.1 Å². The number of carbonyl (C=O) groups excluding carboxylic acids is 8. The Hall–Kier alpha value is -5.91. The van der Waals surface area contributed by atoms with Crippen molar-refractivity contribution in [2.45, 2.75) is 143 Å². The summed E-state index contributed by atoms with van der Waals surface area (Å²) in [7, 11) is 7.78. The van der Waals surface area contributed by atoms with Crippen molar-refractivity contribution < 1.29 is 52.6 Å². The summed E-state index contributed by atoms with van der Waals surface area (Å²) in [6.07, 6.45) is 2.26. The molecule has 0 spiro atoms. The molecule has 1 aliphatic rings. The molecule has 23 heteroatoms. The first kappa shape index (κ1) is 62.4. The number of likely N-dealkylation sites (N-methyl/N-ethyl adjacent to an activating group) is 3. The van der Waals surface area contributed by atoms with Gasteiger partial charge in [0.1, 0.15) is 23.7 Å². The minimum absolute atomic E-state index is 0.0338. The third-order valence-electron chi connectivity index (χ3n) is 13.7. The normalized spacial score (nSPS) is 16.7. The second kappa shape index (κ2) is 31.1. The molecule has 1 fully saturated rings. The van der Waals surface area contributed by atoms with Crippen molar-refractivity contribution in [1.82, 2.24) is 46.3 Å². The van der Waals surface area contributed by atoms with Crippen LogP contribution in [0, 0.1) is 23.7 Å². The fraction of sp³-hybridized carbons (Fsp3) is 0.667. The number of anilines is 1. The molecule has 2 aromatic rings. The Balaban J connectivity index is 1.61. The highest BCUT2D eigenvalue weighted by molar-refractivity contribution is 7.09. The van der Waals surface area contributed by atoms with E-state index in [0.29, 0.717) is 43.6 Å². The van der Waals surface area contributed by atoms with Crippen molar-refractivity contribution in [1.29, 1.82) is 0 Å². The number of hydrogen-bond acceptors (Lipinski definition) is 14. The topological polar surface area (TPSA) is 285 Å². The Morgan fingerprint density at radius 3 is 2.14 bits per heavy atom. The fourth-order valence-corrected chi connectivity index (χ4v) is 9.95. The van der Waals surface area contributed by atoms with Gasteiger partial charge in [0.15, 0.2) is 0 Å². The van der Waals surface area contributed by atoms with Gasteiger partial charge in [-0.2, -0.15) is 0 Å². The summed E-state index contributed by atoms with van der Waals surface area (Å²) in [4.78, 5) is 115. The van der Waals surface area contributed by atoms with E-state index in [4.69, 9.17) is 19.9 Å². The fourth-order valence-electron chi connectivity index (χ4n) is 9.40. The molecule has 1 aliphatic heterocycles. The number of likely N-dealkylation sites (tertiary alicyclic amines) is 1. The number of urea groups is 1. The molecule has 2 heterocycles. The summed E-state index contributed by atoms with van der Waals surface area (Å²) < 4.78 is 17.4. The Kier molecular flexibility index (Phi) is 26.2. The zero-order chi connectivity index (χ0) is 55.2. The van der Waals surface area contributed by atoms with E-state index in [2.05, 4.69) is 36.9 Å². The van der Waals surface area contributed by atoms with Crippen LogP contribution in [0.1, 0.15) is 97.6 Å². The van der Waals surface area contributed by atoms with E-state index in [1.807, 2.05) is 33.1 Å². The van der Waals surface area contributed by atoms with Crippen LogP contribution < -0.4 is 37.6 Å². The van der Waals surface area contributed by atoms with E-state index in [0.717, 1.165) is 11.4 Å². The van der Waals surface area contributed by atoms with E-state index in [-0.39, 0.29) is 74.1 Å². The van der Waals surface area contributed by atoms with Crippen LogP contribution in [-0.4, -0.2) is 165 Å². The van der Waals surface area contributed by atoms with Crippen LogP contribution in [0.4, 0.5) is 15.3 Å². The van der Waals surface area contributed by atoms with Gasteiger partial charge in [-0.25, -0.2) is 14.6 Å². The molecule has 0 aliphatic carbocycles. The van der Waals surface area contributed by atoms with Crippen LogP contribution in [0.25, 0.3) is 0 Å². The largest absolute Gasteiger partial charge is 0.445 e. The highest BCUT2D eigenvalue weighted by atomic mass is 32.1. The molecule has 0 bridgehead atoms. The highest BCUT2D eigenvalue weighted by Gasteiger charge is 2.42.